The van der Waals surface area contributed by atoms with Crippen molar-refractivity contribution in [2.75, 3.05) is 11.5 Å². The molecule has 0 unspecified atom stereocenters. The number of carboxylic acid groups (broad SMARTS) is 1. The molecule has 2 fully saturated rings. The van der Waals surface area contributed by atoms with Crippen LogP contribution >= 0.6 is 23.2 Å². The molecule has 0 bridgehead atoms. The second kappa shape index (κ2) is 25.7. The maximum absolute atomic E-state index is 13.3. The normalized spacial score (nSPS) is 18.6. The van der Waals surface area contributed by atoms with Crippen LogP contribution < -0.4 is 34.9 Å². The predicted octanol–water partition coefficient (Wildman–Crippen LogP) is 5.06. The molecule has 4 aromatic rings. The monoisotopic (exact) mass is 944 g/mol. The first kappa shape index (κ1) is 53.6. The van der Waals surface area contributed by atoms with Gasteiger partial charge < -0.3 is 40.0 Å². The van der Waals surface area contributed by atoms with Gasteiger partial charge in [0, 0.05) is 30.1 Å². The van der Waals surface area contributed by atoms with E-state index in [4.69, 9.17) is 39.8 Å². The topological polar surface area (TPSA) is 206 Å². The van der Waals surface area contributed by atoms with E-state index in [2.05, 4.69) is 21.0 Å². The average Bonchev–Trinajstić information content (AvgIpc) is 3.91. The quantitative estimate of drug-likeness (QED) is 0.108. The van der Waals surface area contributed by atoms with Crippen LogP contribution in [0.1, 0.15) is 98.9 Å². The summed E-state index contributed by atoms with van der Waals surface area (Å²) in [5, 5.41) is 12.1. The molecule has 2 aliphatic carbocycles. The number of benzene rings is 2. The van der Waals surface area contributed by atoms with Gasteiger partial charge in [0.1, 0.15) is 29.3 Å². The van der Waals surface area contributed by atoms with Gasteiger partial charge in [-0.05, 0) is 162 Å². The SMILES string of the molecule is Cc1nc(N)ccc1CCC(=O)[C@H](C)NC(=O)[C@@H]1CC[C@@H](Cc2ccc(F)c(Cl)c2)C1.Cc1nc(N)ccc1CCC(=O)[C@H](C)[NH3+].O=C(O)[C@@H]1CC[C@@H](Cc2ccc(F)c(Cl)c2)C1.[Cl-]. The summed E-state index contributed by atoms with van der Waals surface area (Å²) in [5.74, 6) is -0.0150. The van der Waals surface area contributed by atoms with Crippen LogP contribution in [-0.4, -0.2) is 50.6 Å². The molecule has 16 heteroatoms. The Labute approximate surface area is 391 Å². The van der Waals surface area contributed by atoms with Crippen molar-refractivity contribution in [2.24, 2.45) is 23.7 Å². The highest BCUT2D eigenvalue weighted by atomic mass is 35.5. The zero-order chi connectivity index (χ0) is 46.4. The number of amides is 1. The molecule has 1 amide bonds. The van der Waals surface area contributed by atoms with E-state index in [-0.39, 0.29) is 57.8 Å². The Morgan fingerprint density at radius 2 is 1.17 bits per heavy atom. The van der Waals surface area contributed by atoms with E-state index in [0.717, 1.165) is 85.0 Å². The number of carboxylic acids is 1. The first-order chi connectivity index (χ1) is 29.8. The number of carbonyl (C=O) groups is 4. The number of anilines is 2. The van der Waals surface area contributed by atoms with Crippen molar-refractivity contribution in [1.29, 1.82) is 0 Å². The van der Waals surface area contributed by atoms with Crippen LogP contribution in [0.25, 0.3) is 0 Å². The lowest BCUT2D eigenvalue weighted by Crippen LogP contribution is -3.00. The molecule has 6 atom stereocenters. The number of ketones is 2. The highest BCUT2D eigenvalue weighted by Crippen LogP contribution is 2.35. The number of aryl methyl sites for hydroxylation is 4. The highest BCUT2D eigenvalue weighted by Gasteiger charge is 2.32. The predicted molar refractivity (Wildman–Crippen MR) is 243 cm³/mol. The van der Waals surface area contributed by atoms with Crippen LogP contribution in [-0.2, 0) is 44.9 Å². The van der Waals surface area contributed by atoms with E-state index in [1.807, 2.05) is 32.9 Å². The number of hydrogen-bond acceptors (Lipinski definition) is 8. The van der Waals surface area contributed by atoms with Crippen molar-refractivity contribution in [2.45, 2.75) is 117 Å². The Bertz CT molecular complexity index is 2230. The van der Waals surface area contributed by atoms with Gasteiger partial charge in [0.25, 0.3) is 0 Å². The van der Waals surface area contributed by atoms with Crippen molar-refractivity contribution in [1.82, 2.24) is 15.3 Å². The van der Waals surface area contributed by atoms with E-state index in [1.54, 1.807) is 43.3 Å². The van der Waals surface area contributed by atoms with Crippen LogP contribution in [0.4, 0.5) is 20.4 Å². The van der Waals surface area contributed by atoms with E-state index in [9.17, 15) is 28.0 Å². The second-order valence-electron chi connectivity index (χ2n) is 17.0. The highest BCUT2D eigenvalue weighted by molar-refractivity contribution is 6.31. The zero-order valence-electron chi connectivity index (χ0n) is 36.9. The fraction of sp³-hybridized carbons (Fsp3) is 0.458. The lowest BCUT2D eigenvalue weighted by Gasteiger charge is -2.17. The number of halogens is 5. The lowest BCUT2D eigenvalue weighted by atomic mass is 9.96. The molecule has 348 valence electrons. The minimum absolute atomic E-state index is 0. The summed E-state index contributed by atoms with van der Waals surface area (Å²) in [4.78, 5) is 55.7. The van der Waals surface area contributed by atoms with Gasteiger partial charge in [0.05, 0.1) is 22.0 Å². The number of aliphatic carboxylic acids is 1. The van der Waals surface area contributed by atoms with Gasteiger partial charge in [0.2, 0.25) is 5.91 Å². The molecule has 11 nitrogen and oxygen atoms in total. The number of quaternary nitrogens is 1. The van der Waals surface area contributed by atoms with Gasteiger partial charge >= 0.3 is 5.97 Å². The number of hydrogen-bond donors (Lipinski definition) is 5. The minimum Gasteiger partial charge on any atom is -1.00 e. The largest absolute Gasteiger partial charge is 1.00 e. The number of nitrogens with zero attached hydrogens (tertiary/aromatic N) is 2. The van der Waals surface area contributed by atoms with Gasteiger partial charge in [-0.15, -0.1) is 0 Å². The van der Waals surface area contributed by atoms with Crippen molar-refractivity contribution >= 4 is 58.3 Å². The summed E-state index contributed by atoms with van der Waals surface area (Å²) in [6, 6.07) is 16.1. The average molecular weight is 946 g/mol. The molecule has 2 aromatic heterocycles. The Balaban J connectivity index is 0.000000279. The third kappa shape index (κ3) is 17.0. The van der Waals surface area contributed by atoms with Crippen molar-refractivity contribution in [3.63, 3.8) is 0 Å². The van der Waals surface area contributed by atoms with Gasteiger partial charge in [-0.3, -0.25) is 19.2 Å². The Hall–Kier alpha value is -4.69. The molecular formula is C48H61Cl3F2N6O5. The summed E-state index contributed by atoms with van der Waals surface area (Å²) < 4.78 is 26.3. The minimum atomic E-state index is -0.704. The summed E-state index contributed by atoms with van der Waals surface area (Å²) in [6.07, 6.45) is 8.58. The molecule has 2 aliphatic rings. The molecular weight excluding hydrogens is 885 g/mol. The number of Topliss-reactive ketones (excluding diaryl/α,β-unsaturated/α-hetero) is 2. The Morgan fingerprint density at radius 1 is 0.734 bits per heavy atom. The Kier molecular flexibility index (Phi) is 21.6. The van der Waals surface area contributed by atoms with E-state index in [0.29, 0.717) is 49.2 Å². The third-order valence-corrected chi connectivity index (χ3v) is 12.5. The number of nitrogen functional groups attached to an aromatic ring is 2. The maximum atomic E-state index is 13.3. The fourth-order valence-electron chi connectivity index (χ4n) is 8.12. The molecule has 2 aromatic carbocycles. The van der Waals surface area contributed by atoms with Crippen LogP contribution in [0.15, 0.2) is 60.7 Å². The standard InChI is InChI=1S/C24H29ClFN3O2.C13H14ClFO2.C11H17N3O.ClH/c1-14-18(7-10-23(27)28-14)6-9-22(30)15(2)29-24(31)19-5-3-16(12-19)11-17-4-8-21(26)20(25)13-17;14-11-7-9(2-4-12(11)15)5-8-1-3-10(6-8)13(16)17;1-7(12)10(15)5-3-9-4-6-11(13)14-8(9)2;/h4,7-8,10,13,15-16,19H,3,5-6,9,11-12H2,1-2H3,(H2,27,28)(H,29,31);2,4,7-8,10H,1,3,5-6H2,(H,16,17);4,6-7H,3,5,12H2,1-2H3,(H2,13,14);1H/t15-,16-,19+;8-,10+;7-;/m000./s1. The summed E-state index contributed by atoms with van der Waals surface area (Å²) in [5.41, 5.74) is 20.7. The molecule has 6 rings (SSSR count). The number of nitrogens with one attached hydrogen (secondary N) is 1. The first-order valence-corrected chi connectivity index (χ1v) is 22.3. The summed E-state index contributed by atoms with van der Waals surface area (Å²) in [7, 11) is 0. The maximum Gasteiger partial charge on any atom is 0.306 e. The first-order valence-electron chi connectivity index (χ1n) is 21.5. The van der Waals surface area contributed by atoms with Gasteiger partial charge in [0.15, 0.2) is 11.6 Å². The van der Waals surface area contributed by atoms with Crippen molar-refractivity contribution < 1.29 is 51.2 Å². The number of pyridine rings is 2. The van der Waals surface area contributed by atoms with Gasteiger partial charge in [-0.25, -0.2) is 18.7 Å². The molecule has 2 saturated carbocycles. The van der Waals surface area contributed by atoms with E-state index in [1.165, 1.54) is 12.1 Å². The van der Waals surface area contributed by atoms with Crippen LogP contribution in [0.5, 0.6) is 0 Å². The van der Waals surface area contributed by atoms with Crippen molar-refractivity contribution in [3.8, 4) is 0 Å². The Morgan fingerprint density at radius 3 is 1.58 bits per heavy atom. The second-order valence-corrected chi connectivity index (χ2v) is 17.8. The smallest absolute Gasteiger partial charge is 0.306 e. The third-order valence-electron chi connectivity index (χ3n) is 11.9. The molecule has 9 N–H and O–H groups in total. The van der Waals surface area contributed by atoms with Crippen LogP contribution in [0.3, 0.4) is 0 Å². The van der Waals surface area contributed by atoms with Crippen LogP contribution in [0.2, 0.25) is 10.0 Å². The zero-order valence-corrected chi connectivity index (χ0v) is 39.2. The van der Waals surface area contributed by atoms with Gasteiger partial charge in [-0.2, -0.15) is 0 Å². The molecule has 0 saturated heterocycles. The molecule has 0 aliphatic heterocycles. The van der Waals surface area contributed by atoms with E-state index < -0.39 is 23.6 Å². The number of rotatable bonds is 15. The number of carbonyl (C=O) groups excluding carboxylic acids is 3. The summed E-state index contributed by atoms with van der Waals surface area (Å²) in [6.45, 7) is 7.33. The molecule has 0 spiro atoms. The van der Waals surface area contributed by atoms with E-state index >= 15 is 0 Å². The van der Waals surface area contributed by atoms with Crippen molar-refractivity contribution in [3.05, 3.63) is 116 Å². The molecule has 0 radical (unpaired) electrons. The lowest BCUT2D eigenvalue weighted by molar-refractivity contribution is -0.397. The number of aromatic nitrogens is 2. The summed E-state index contributed by atoms with van der Waals surface area (Å²) >= 11 is 11.6. The molecule has 64 heavy (non-hydrogen) atoms. The van der Waals surface area contributed by atoms with Gasteiger partial charge in [-0.1, -0.05) is 47.5 Å². The molecule has 2 heterocycles. The number of nitrogens with two attached hydrogens (primary N) is 2. The van der Waals surface area contributed by atoms with Crippen LogP contribution in [0, 0.1) is 49.2 Å². The fourth-order valence-corrected chi connectivity index (χ4v) is 8.53.